The predicted molar refractivity (Wildman–Crippen MR) is 75.0 cm³/mol. The molecule has 1 aromatic heterocycles. The number of imidazole rings is 1. The summed E-state index contributed by atoms with van der Waals surface area (Å²) in [6.45, 7) is 5.27. The molecule has 0 radical (unpaired) electrons. The Bertz CT molecular complexity index is 605. The Balaban J connectivity index is 2.12. The molecule has 1 aromatic carbocycles. The molecule has 2 aromatic rings. The van der Waals surface area contributed by atoms with Crippen LogP contribution in [0.4, 0.5) is 0 Å². The second-order valence-corrected chi connectivity index (χ2v) is 4.65. The summed E-state index contributed by atoms with van der Waals surface area (Å²) in [6, 6.07) is 4.88. The van der Waals surface area contributed by atoms with Gasteiger partial charge in [-0.2, -0.15) is 0 Å². The van der Waals surface area contributed by atoms with Crippen LogP contribution in [0.5, 0.6) is 5.75 Å². The van der Waals surface area contributed by atoms with E-state index in [0.29, 0.717) is 12.4 Å². The molecule has 0 saturated carbocycles. The quantitative estimate of drug-likeness (QED) is 0.879. The number of ether oxygens (including phenoxy) is 1. The van der Waals surface area contributed by atoms with Crippen LogP contribution in [0.25, 0.3) is 0 Å². The van der Waals surface area contributed by atoms with Crippen molar-refractivity contribution >= 4 is 5.97 Å². The Hall–Kier alpha value is -2.30. The molecule has 0 atom stereocenters. The molecule has 5 heteroatoms. The molecule has 0 bridgehead atoms. The van der Waals surface area contributed by atoms with E-state index >= 15 is 0 Å². The van der Waals surface area contributed by atoms with Gasteiger partial charge in [0.2, 0.25) is 0 Å². The number of aromatic carboxylic acids is 1. The van der Waals surface area contributed by atoms with Crippen molar-refractivity contribution < 1.29 is 14.6 Å². The van der Waals surface area contributed by atoms with Crippen LogP contribution in [-0.4, -0.2) is 20.6 Å². The predicted octanol–water partition coefficient (Wildman–Crippen LogP) is 2.88. The highest BCUT2D eigenvalue weighted by molar-refractivity contribution is 5.88. The van der Waals surface area contributed by atoms with E-state index in [0.717, 1.165) is 24.2 Å². The molecule has 2 rings (SSSR count). The summed E-state index contributed by atoms with van der Waals surface area (Å²) < 4.78 is 7.77. The van der Waals surface area contributed by atoms with E-state index in [9.17, 15) is 4.79 Å². The standard InChI is InChI=1S/C15H18N2O3/c1-3-6-17-10-16-8-13(17)9-20-14-7-12(15(18)19)5-4-11(14)2/h4-5,7-8,10H,3,6,9H2,1-2H3,(H,18,19). The van der Waals surface area contributed by atoms with Crippen LogP contribution in [-0.2, 0) is 13.2 Å². The normalized spacial score (nSPS) is 10.5. The zero-order chi connectivity index (χ0) is 14.5. The first-order valence-electron chi connectivity index (χ1n) is 6.57. The third-order valence-corrected chi connectivity index (χ3v) is 3.07. The fourth-order valence-electron chi connectivity index (χ4n) is 1.95. The lowest BCUT2D eigenvalue weighted by Crippen LogP contribution is -2.06. The summed E-state index contributed by atoms with van der Waals surface area (Å²) in [7, 11) is 0. The molecule has 0 amide bonds. The molecule has 5 nitrogen and oxygen atoms in total. The third kappa shape index (κ3) is 3.17. The monoisotopic (exact) mass is 274 g/mol. The molecular formula is C15H18N2O3. The number of aryl methyl sites for hydroxylation is 2. The van der Waals surface area contributed by atoms with Gasteiger partial charge in [0, 0.05) is 6.54 Å². The van der Waals surface area contributed by atoms with Gasteiger partial charge in [-0.05, 0) is 31.0 Å². The van der Waals surface area contributed by atoms with Gasteiger partial charge in [-0.15, -0.1) is 0 Å². The minimum absolute atomic E-state index is 0.229. The van der Waals surface area contributed by atoms with Gasteiger partial charge in [0.25, 0.3) is 0 Å². The van der Waals surface area contributed by atoms with Crippen molar-refractivity contribution in [2.24, 2.45) is 0 Å². The minimum atomic E-state index is -0.953. The maximum absolute atomic E-state index is 11.0. The second-order valence-electron chi connectivity index (χ2n) is 4.65. The fourth-order valence-corrected chi connectivity index (χ4v) is 1.95. The smallest absolute Gasteiger partial charge is 0.335 e. The number of nitrogens with zero attached hydrogens (tertiary/aromatic N) is 2. The van der Waals surface area contributed by atoms with Gasteiger partial charge in [0.15, 0.2) is 0 Å². The Morgan fingerprint density at radius 1 is 1.45 bits per heavy atom. The van der Waals surface area contributed by atoms with Gasteiger partial charge in [0.1, 0.15) is 12.4 Å². The van der Waals surface area contributed by atoms with Crippen LogP contribution in [0.15, 0.2) is 30.7 Å². The molecule has 0 spiro atoms. The van der Waals surface area contributed by atoms with Crippen molar-refractivity contribution in [1.82, 2.24) is 9.55 Å². The Kier molecular flexibility index (Phi) is 4.40. The van der Waals surface area contributed by atoms with Gasteiger partial charge in [-0.3, -0.25) is 0 Å². The number of carbonyl (C=O) groups is 1. The number of hydrogen-bond acceptors (Lipinski definition) is 3. The largest absolute Gasteiger partial charge is 0.487 e. The van der Waals surface area contributed by atoms with Crippen molar-refractivity contribution in [3.05, 3.63) is 47.5 Å². The van der Waals surface area contributed by atoms with Crippen LogP contribution < -0.4 is 4.74 Å². The Morgan fingerprint density at radius 3 is 2.95 bits per heavy atom. The highest BCUT2D eigenvalue weighted by Crippen LogP contribution is 2.21. The summed E-state index contributed by atoms with van der Waals surface area (Å²) in [6.07, 6.45) is 4.58. The van der Waals surface area contributed by atoms with Crippen LogP contribution in [0, 0.1) is 6.92 Å². The molecule has 20 heavy (non-hydrogen) atoms. The number of hydrogen-bond donors (Lipinski definition) is 1. The number of aromatic nitrogens is 2. The first kappa shape index (κ1) is 14.1. The first-order valence-corrected chi connectivity index (χ1v) is 6.57. The summed E-state index contributed by atoms with van der Waals surface area (Å²) in [5, 5.41) is 9.00. The lowest BCUT2D eigenvalue weighted by Gasteiger charge is -2.11. The van der Waals surface area contributed by atoms with E-state index in [4.69, 9.17) is 9.84 Å². The van der Waals surface area contributed by atoms with E-state index in [-0.39, 0.29) is 5.56 Å². The summed E-state index contributed by atoms with van der Waals surface area (Å²) in [4.78, 5) is 15.1. The molecule has 1 heterocycles. The molecule has 1 N–H and O–H groups in total. The fraction of sp³-hybridized carbons (Fsp3) is 0.333. The molecule has 0 unspecified atom stereocenters. The molecule has 106 valence electrons. The lowest BCUT2D eigenvalue weighted by molar-refractivity contribution is 0.0696. The van der Waals surface area contributed by atoms with Gasteiger partial charge in [-0.25, -0.2) is 9.78 Å². The van der Waals surface area contributed by atoms with Crippen molar-refractivity contribution in [1.29, 1.82) is 0 Å². The second kappa shape index (κ2) is 6.23. The molecule has 0 fully saturated rings. The average molecular weight is 274 g/mol. The highest BCUT2D eigenvalue weighted by atomic mass is 16.5. The van der Waals surface area contributed by atoms with Crippen LogP contribution >= 0.6 is 0 Å². The van der Waals surface area contributed by atoms with E-state index in [2.05, 4.69) is 11.9 Å². The van der Waals surface area contributed by atoms with E-state index in [1.807, 2.05) is 11.5 Å². The third-order valence-electron chi connectivity index (χ3n) is 3.07. The Morgan fingerprint density at radius 2 is 2.25 bits per heavy atom. The Labute approximate surface area is 117 Å². The number of benzene rings is 1. The number of carboxylic acids is 1. The molecular weight excluding hydrogens is 256 g/mol. The van der Waals surface area contributed by atoms with Crippen molar-refractivity contribution in [3.63, 3.8) is 0 Å². The topological polar surface area (TPSA) is 64.4 Å². The van der Waals surface area contributed by atoms with Gasteiger partial charge < -0.3 is 14.4 Å². The van der Waals surface area contributed by atoms with Crippen LogP contribution in [0.1, 0.15) is 35.0 Å². The number of rotatable bonds is 6. The van der Waals surface area contributed by atoms with Crippen LogP contribution in [0.3, 0.4) is 0 Å². The zero-order valence-electron chi connectivity index (χ0n) is 11.7. The SMILES string of the molecule is CCCn1cncc1COc1cc(C(=O)O)ccc1C. The summed E-state index contributed by atoms with van der Waals surface area (Å²) >= 11 is 0. The average Bonchev–Trinajstić information content (AvgIpc) is 2.85. The van der Waals surface area contributed by atoms with Gasteiger partial charge in [-0.1, -0.05) is 13.0 Å². The molecule has 0 aliphatic heterocycles. The maximum Gasteiger partial charge on any atom is 0.335 e. The van der Waals surface area contributed by atoms with Crippen molar-refractivity contribution in [2.45, 2.75) is 33.4 Å². The van der Waals surface area contributed by atoms with E-state index in [1.165, 1.54) is 0 Å². The summed E-state index contributed by atoms with van der Waals surface area (Å²) in [5.41, 5.74) is 2.12. The molecule has 0 saturated heterocycles. The minimum Gasteiger partial charge on any atom is -0.487 e. The molecule has 0 aliphatic rings. The van der Waals surface area contributed by atoms with Crippen molar-refractivity contribution in [3.8, 4) is 5.75 Å². The van der Waals surface area contributed by atoms with E-state index in [1.54, 1.807) is 30.7 Å². The first-order chi connectivity index (χ1) is 9.61. The molecule has 0 aliphatic carbocycles. The summed E-state index contributed by atoms with van der Waals surface area (Å²) in [5.74, 6) is -0.361. The van der Waals surface area contributed by atoms with Gasteiger partial charge >= 0.3 is 5.97 Å². The number of carboxylic acid groups (broad SMARTS) is 1. The van der Waals surface area contributed by atoms with Crippen molar-refractivity contribution in [2.75, 3.05) is 0 Å². The highest BCUT2D eigenvalue weighted by Gasteiger charge is 2.08. The lowest BCUT2D eigenvalue weighted by atomic mass is 10.1. The van der Waals surface area contributed by atoms with Crippen LogP contribution in [0.2, 0.25) is 0 Å². The van der Waals surface area contributed by atoms with E-state index < -0.39 is 5.97 Å². The van der Waals surface area contributed by atoms with Gasteiger partial charge in [0.05, 0.1) is 23.8 Å². The maximum atomic E-state index is 11.0. The zero-order valence-corrected chi connectivity index (χ0v) is 11.7.